The summed E-state index contributed by atoms with van der Waals surface area (Å²) < 4.78 is 4.53. The summed E-state index contributed by atoms with van der Waals surface area (Å²) in [4.78, 5) is 26.7. The smallest absolute Gasteiger partial charge is 0.331 e. The van der Waals surface area contributed by atoms with Crippen molar-refractivity contribution in [2.45, 2.75) is 6.04 Å². The fraction of sp³-hybridized carbons (Fsp3) is 0.111. The fourth-order valence-electron chi connectivity index (χ4n) is 5.11. The zero-order valence-corrected chi connectivity index (χ0v) is 20.1. The highest BCUT2D eigenvalue weighted by molar-refractivity contribution is 6.30. The minimum atomic E-state index is -0.637. The standard InChI is InChI=1S/C27H21ClN4O4/c1-30-24-21(26(35)31(2)27(30)36)23(14-7-9-15(28)10-8-14)32-19-6-4-3-5-18(19)29-22(25(24)32)17-12-11-16(33)13-20(17)34/h3-13,22,29,33-34H,1-2H3/t22-/m0/s1. The largest absolute Gasteiger partial charge is 0.508 e. The van der Waals surface area contributed by atoms with Crippen LogP contribution in [0.3, 0.4) is 0 Å². The van der Waals surface area contributed by atoms with Crippen molar-refractivity contribution in [1.82, 2.24) is 13.7 Å². The second-order valence-electron chi connectivity index (χ2n) is 8.84. The Kier molecular flexibility index (Phi) is 4.77. The summed E-state index contributed by atoms with van der Waals surface area (Å²) >= 11 is 6.18. The van der Waals surface area contributed by atoms with Crippen molar-refractivity contribution in [1.29, 1.82) is 0 Å². The molecule has 1 atom stereocenters. The van der Waals surface area contributed by atoms with Crippen molar-refractivity contribution in [3.05, 3.63) is 104 Å². The van der Waals surface area contributed by atoms with Gasteiger partial charge in [-0.2, -0.15) is 0 Å². The Morgan fingerprint density at radius 3 is 2.36 bits per heavy atom. The number of fused-ring (bicyclic) bond motifs is 5. The van der Waals surface area contributed by atoms with Crippen LogP contribution in [-0.2, 0) is 14.1 Å². The molecule has 0 bridgehead atoms. The number of hydrogen-bond acceptors (Lipinski definition) is 5. The van der Waals surface area contributed by atoms with E-state index in [1.54, 1.807) is 25.2 Å². The molecule has 0 unspecified atom stereocenters. The molecule has 36 heavy (non-hydrogen) atoms. The third-order valence-electron chi connectivity index (χ3n) is 6.77. The van der Waals surface area contributed by atoms with Crippen LogP contribution in [0.2, 0.25) is 5.02 Å². The average Bonchev–Trinajstić information content (AvgIpc) is 3.23. The number of nitrogens with zero attached hydrogens (tertiary/aromatic N) is 3. The van der Waals surface area contributed by atoms with Crippen LogP contribution < -0.4 is 16.6 Å². The van der Waals surface area contributed by atoms with Gasteiger partial charge in [-0.3, -0.25) is 13.9 Å². The summed E-state index contributed by atoms with van der Waals surface area (Å²) in [5.41, 5.74) is 3.60. The van der Waals surface area contributed by atoms with Gasteiger partial charge in [0, 0.05) is 30.7 Å². The predicted octanol–water partition coefficient (Wildman–Crippen LogP) is 4.27. The highest BCUT2D eigenvalue weighted by Crippen LogP contribution is 2.47. The normalized spacial score (nSPS) is 14.4. The number of aromatic hydroxyl groups is 2. The zero-order valence-electron chi connectivity index (χ0n) is 19.4. The van der Waals surface area contributed by atoms with E-state index in [1.807, 2.05) is 41.0 Å². The minimum absolute atomic E-state index is 0.0733. The van der Waals surface area contributed by atoms with Crippen molar-refractivity contribution in [3.8, 4) is 28.4 Å². The van der Waals surface area contributed by atoms with E-state index in [4.69, 9.17) is 11.6 Å². The molecule has 1 aliphatic heterocycles. The van der Waals surface area contributed by atoms with Crippen LogP contribution in [0.1, 0.15) is 17.3 Å². The SMILES string of the molecule is Cn1c(=O)c2c(-c3ccc(Cl)cc3)n3c(c2n(C)c1=O)[C@H](c1ccc(O)cc1O)Nc1ccccc1-3. The Bertz CT molecular complexity index is 1820. The quantitative estimate of drug-likeness (QED) is 0.336. The Morgan fingerprint density at radius 2 is 1.64 bits per heavy atom. The molecule has 9 heteroatoms. The van der Waals surface area contributed by atoms with E-state index in [0.29, 0.717) is 32.9 Å². The molecule has 0 fully saturated rings. The summed E-state index contributed by atoms with van der Waals surface area (Å²) in [5, 5.41) is 25.1. The lowest BCUT2D eigenvalue weighted by atomic mass is 9.98. The number of aromatic nitrogens is 3. The lowest BCUT2D eigenvalue weighted by Crippen LogP contribution is -2.37. The first-order valence-corrected chi connectivity index (χ1v) is 11.6. The van der Waals surface area contributed by atoms with Gasteiger partial charge in [-0.1, -0.05) is 35.9 Å². The van der Waals surface area contributed by atoms with Gasteiger partial charge in [-0.25, -0.2) is 4.79 Å². The Labute approximate surface area is 209 Å². The van der Waals surface area contributed by atoms with Gasteiger partial charge in [0.25, 0.3) is 5.56 Å². The van der Waals surface area contributed by atoms with E-state index in [2.05, 4.69) is 5.32 Å². The molecule has 180 valence electrons. The molecule has 5 aromatic rings. The van der Waals surface area contributed by atoms with Crippen molar-refractivity contribution in [3.63, 3.8) is 0 Å². The molecule has 0 amide bonds. The third-order valence-corrected chi connectivity index (χ3v) is 7.02. The van der Waals surface area contributed by atoms with E-state index in [0.717, 1.165) is 21.5 Å². The molecule has 0 saturated carbocycles. The van der Waals surface area contributed by atoms with E-state index in [1.165, 1.54) is 23.7 Å². The Balaban J connectivity index is 1.86. The molecule has 0 radical (unpaired) electrons. The summed E-state index contributed by atoms with van der Waals surface area (Å²) in [7, 11) is 3.09. The van der Waals surface area contributed by atoms with Gasteiger partial charge in [0.05, 0.1) is 39.7 Å². The highest BCUT2D eigenvalue weighted by Gasteiger charge is 2.35. The number of phenols is 2. The second kappa shape index (κ2) is 7.79. The van der Waals surface area contributed by atoms with E-state index < -0.39 is 17.3 Å². The van der Waals surface area contributed by atoms with Crippen LogP contribution in [0.25, 0.3) is 27.8 Å². The van der Waals surface area contributed by atoms with Crippen LogP contribution in [0.5, 0.6) is 11.5 Å². The van der Waals surface area contributed by atoms with Gasteiger partial charge in [0.15, 0.2) is 0 Å². The van der Waals surface area contributed by atoms with E-state index >= 15 is 0 Å². The Hall–Kier alpha value is -4.43. The number of aryl methyl sites for hydroxylation is 1. The predicted molar refractivity (Wildman–Crippen MR) is 139 cm³/mol. The highest BCUT2D eigenvalue weighted by atomic mass is 35.5. The minimum Gasteiger partial charge on any atom is -0.508 e. The number of phenolic OH excluding ortho intramolecular Hbond substituents is 2. The van der Waals surface area contributed by atoms with Gasteiger partial charge >= 0.3 is 5.69 Å². The van der Waals surface area contributed by atoms with Crippen LogP contribution in [0, 0.1) is 0 Å². The molecule has 6 rings (SSSR count). The summed E-state index contributed by atoms with van der Waals surface area (Å²) in [5.74, 6) is -0.189. The number of hydrogen-bond donors (Lipinski definition) is 3. The number of benzene rings is 3. The topological polar surface area (TPSA) is 101 Å². The monoisotopic (exact) mass is 500 g/mol. The van der Waals surface area contributed by atoms with Crippen molar-refractivity contribution < 1.29 is 10.2 Å². The first-order chi connectivity index (χ1) is 17.3. The second-order valence-corrected chi connectivity index (χ2v) is 9.28. The molecule has 2 aromatic heterocycles. The maximum atomic E-state index is 13.7. The molecular weight excluding hydrogens is 480 g/mol. The molecule has 1 aliphatic rings. The number of anilines is 1. The van der Waals surface area contributed by atoms with Crippen molar-refractivity contribution in [2.75, 3.05) is 5.32 Å². The first-order valence-electron chi connectivity index (χ1n) is 11.3. The van der Waals surface area contributed by atoms with E-state index in [9.17, 15) is 19.8 Å². The molecule has 3 aromatic carbocycles. The van der Waals surface area contributed by atoms with Crippen LogP contribution in [-0.4, -0.2) is 23.9 Å². The fourth-order valence-corrected chi connectivity index (χ4v) is 5.23. The molecular formula is C27H21ClN4O4. The number of nitrogens with one attached hydrogen (secondary N) is 1. The van der Waals surface area contributed by atoms with Gasteiger partial charge in [-0.05, 0) is 42.0 Å². The molecule has 3 heterocycles. The lowest BCUT2D eigenvalue weighted by molar-refractivity contribution is 0.444. The summed E-state index contributed by atoms with van der Waals surface area (Å²) in [6.07, 6.45) is 0. The van der Waals surface area contributed by atoms with Gasteiger partial charge in [0.2, 0.25) is 0 Å². The lowest BCUT2D eigenvalue weighted by Gasteiger charge is -2.31. The van der Waals surface area contributed by atoms with Crippen LogP contribution in [0.4, 0.5) is 5.69 Å². The Morgan fingerprint density at radius 1 is 0.917 bits per heavy atom. The van der Waals surface area contributed by atoms with Crippen LogP contribution in [0.15, 0.2) is 76.3 Å². The molecule has 0 saturated heterocycles. The summed E-state index contributed by atoms with van der Waals surface area (Å²) in [6.45, 7) is 0. The van der Waals surface area contributed by atoms with Crippen molar-refractivity contribution >= 4 is 28.2 Å². The van der Waals surface area contributed by atoms with E-state index in [-0.39, 0.29) is 11.5 Å². The average molecular weight is 501 g/mol. The van der Waals surface area contributed by atoms with Crippen molar-refractivity contribution in [2.24, 2.45) is 14.1 Å². The molecule has 8 nitrogen and oxygen atoms in total. The van der Waals surface area contributed by atoms with Gasteiger partial charge < -0.3 is 20.1 Å². The maximum Gasteiger partial charge on any atom is 0.331 e. The van der Waals surface area contributed by atoms with Gasteiger partial charge in [0.1, 0.15) is 11.5 Å². The number of rotatable bonds is 2. The van der Waals surface area contributed by atoms with Crippen LogP contribution >= 0.6 is 11.6 Å². The molecule has 3 N–H and O–H groups in total. The zero-order chi connectivity index (χ0) is 25.3. The first kappa shape index (κ1) is 22.1. The number of halogens is 1. The molecule has 0 aliphatic carbocycles. The molecule has 0 spiro atoms. The third kappa shape index (κ3) is 3.01. The number of para-hydroxylation sites is 2. The summed E-state index contributed by atoms with van der Waals surface area (Å²) in [6, 6.07) is 18.6. The maximum absolute atomic E-state index is 13.7. The van der Waals surface area contributed by atoms with Gasteiger partial charge in [-0.15, -0.1) is 0 Å².